The van der Waals surface area contributed by atoms with Crippen LogP contribution in [0, 0.1) is 0 Å². The fourth-order valence-corrected chi connectivity index (χ4v) is 1.61. The van der Waals surface area contributed by atoms with E-state index in [-0.39, 0.29) is 12.1 Å². The summed E-state index contributed by atoms with van der Waals surface area (Å²) in [6.07, 6.45) is 1.46. The first kappa shape index (κ1) is 14.7. The Morgan fingerprint density at radius 3 is 2.89 bits per heavy atom. The SMILES string of the molecule is COCCn1ncc(NCC(=O)OC)c(Br)c1=O. The second-order valence-corrected chi connectivity index (χ2v) is 4.12. The van der Waals surface area contributed by atoms with Gasteiger partial charge in [-0.05, 0) is 15.9 Å². The molecule has 1 N–H and O–H groups in total. The highest BCUT2D eigenvalue weighted by Gasteiger charge is 2.09. The van der Waals surface area contributed by atoms with E-state index in [1.807, 2.05) is 0 Å². The maximum Gasteiger partial charge on any atom is 0.325 e. The molecule has 7 nitrogen and oxygen atoms in total. The lowest BCUT2D eigenvalue weighted by atomic mass is 10.4. The molecule has 1 rings (SSSR count). The van der Waals surface area contributed by atoms with Gasteiger partial charge < -0.3 is 14.8 Å². The average Bonchev–Trinajstić information content (AvgIpc) is 2.39. The number of rotatable bonds is 6. The number of nitrogens with one attached hydrogen (secondary N) is 1. The number of hydrogen-bond donors (Lipinski definition) is 1. The van der Waals surface area contributed by atoms with Gasteiger partial charge in [0.1, 0.15) is 11.0 Å². The van der Waals surface area contributed by atoms with Crippen molar-refractivity contribution in [1.82, 2.24) is 9.78 Å². The van der Waals surface area contributed by atoms with Crippen molar-refractivity contribution in [3.05, 3.63) is 21.0 Å². The Kier molecular flexibility index (Phi) is 5.79. The first-order valence-corrected chi connectivity index (χ1v) is 5.94. The van der Waals surface area contributed by atoms with Crippen molar-refractivity contribution in [3.8, 4) is 0 Å². The summed E-state index contributed by atoms with van der Waals surface area (Å²) in [6.45, 7) is 0.734. The number of halogens is 1. The summed E-state index contributed by atoms with van der Waals surface area (Å²) in [4.78, 5) is 22.8. The third-order valence-corrected chi connectivity index (χ3v) is 2.91. The highest BCUT2D eigenvalue weighted by atomic mass is 79.9. The fraction of sp³-hybridized carbons (Fsp3) is 0.500. The van der Waals surface area contributed by atoms with Gasteiger partial charge >= 0.3 is 5.97 Å². The number of carbonyl (C=O) groups excluding carboxylic acids is 1. The lowest BCUT2D eigenvalue weighted by molar-refractivity contribution is -0.138. The monoisotopic (exact) mass is 319 g/mol. The maximum atomic E-state index is 11.9. The van der Waals surface area contributed by atoms with Gasteiger partial charge in [-0.25, -0.2) is 4.68 Å². The van der Waals surface area contributed by atoms with Crippen LogP contribution < -0.4 is 10.9 Å². The van der Waals surface area contributed by atoms with Gasteiger partial charge in [0.25, 0.3) is 5.56 Å². The van der Waals surface area contributed by atoms with Gasteiger partial charge in [0.05, 0.1) is 32.1 Å². The van der Waals surface area contributed by atoms with Gasteiger partial charge in [-0.1, -0.05) is 0 Å². The van der Waals surface area contributed by atoms with Crippen LogP contribution in [0.1, 0.15) is 0 Å². The van der Waals surface area contributed by atoms with Crippen molar-refractivity contribution in [3.63, 3.8) is 0 Å². The second kappa shape index (κ2) is 7.12. The number of anilines is 1. The Morgan fingerprint density at radius 2 is 2.28 bits per heavy atom. The molecule has 100 valence electrons. The largest absolute Gasteiger partial charge is 0.468 e. The smallest absolute Gasteiger partial charge is 0.325 e. The molecule has 0 saturated heterocycles. The van der Waals surface area contributed by atoms with Gasteiger partial charge in [0.15, 0.2) is 0 Å². The van der Waals surface area contributed by atoms with Gasteiger partial charge in [-0.3, -0.25) is 9.59 Å². The molecule has 1 heterocycles. The van der Waals surface area contributed by atoms with Gasteiger partial charge in [0.2, 0.25) is 0 Å². The van der Waals surface area contributed by atoms with Crippen LogP contribution in [0.15, 0.2) is 15.5 Å². The van der Waals surface area contributed by atoms with E-state index in [1.165, 1.54) is 18.0 Å². The number of nitrogens with zero attached hydrogens (tertiary/aromatic N) is 2. The number of carbonyl (C=O) groups is 1. The molecule has 0 aromatic carbocycles. The van der Waals surface area contributed by atoms with Crippen molar-refractivity contribution < 1.29 is 14.3 Å². The zero-order chi connectivity index (χ0) is 13.5. The number of esters is 1. The molecule has 0 atom stereocenters. The normalized spacial score (nSPS) is 10.2. The molecule has 0 aliphatic carbocycles. The lowest BCUT2D eigenvalue weighted by Crippen LogP contribution is -2.27. The Bertz CT molecular complexity index is 475. The molecule has 0 unspecified atom stereocenters. The van der Waals surface area contributed by atoms with Gasteiger partial charge in [-0.2, -0.15) is 5.10 Å². The lowest BCUT2D eigenvalue weighted by Gasteiger charge is -2.09. The summed E-state index contributed by atoms with van der Waals surface area (Å²) in [6, 6.07) is 0. The van der Waals surface area contributed by atoms with Crippen LogP contribution in [0.2, 0.25) is 0 Å². The van der Waals surface area contributed by atoms with Crippen LogP contribution in [0.4, 0.5) is 5.69 Å². The summed E-state index contributed by atoms with van der Waals surface area (Å²) < 4.78 is 10.9. The third-order valence-electron chi connectivity index (χ3n) is 2.14. The summed E-state index contributed by atoms with van der Waals surface area (Å²) in [5.41, 5.74) is 0.154. The van der Waals surface area contributed by atoms with E-state index in [0.29, 0.717) is 23.3 Å². The van der Waals surface area contributed by atoms with Crippen molar-refractivity contribution in [2.24, 2.45) is 0 Å². The molecule has 0 radical (unpaired) electrons. The fourth-order valence-electron chi connectivity index (χ4n) is 1.16. The second-order valence-electron chi connectivity index (χ2n) is 3.32. The van der Waals surface area contributed by atoms with Crippen LogP contribution >= 0.6 is 15.9 Å². The molecular formula is C10H14BrN3O4. The Balaban J connectivity index is 2.80. The number of aromatic nitrogens is 2. The molecule has 0 fully saturated rings. The Labute approximate surface area is 112 Å². The van der Waals surface area contributed by atoms with E-state index in [1.54, 1.807) is 7.11 Å². The first-order valence-electron chi connectivity index (χ1n) is 5.15. The molecule has 0 saturated carbocycles. The van der Waals surface area contributed by atoms with Crippen LogP contribution in [0.25, 0.3) is 0 Å². The minimum atomic E-state index is -0.425. The quantitative estimate of drug-likeness (QED) is 0.756. The van der Waals surface area contributed by atoms with Gasteiger partial charge in [-0.15, -0.1) is 0 Å². The summed E-state index contributed by atoms with van der Waals surface area (Å²) in [5.74, 6) is -0.425. The third kappa shape index (κ3) is 3.81. The predicted octanol–water partition coefficient (Wildman–Crippen LogP) is 0.237. The highest BCUT2D eigenvalue weighted by molar-refractivity contribution is 9.10. The summed E-state index contributed by atoms with van der Waals surface area (Å²) in [7, 11) is 2.84. The van der Waals surface area contributed by atoms with Crippen LogP contribution in [-0.2, 0) is 20.8 Å². The van der Waals surface area contributed by atoms with E-state index in [9.17, 15) is 9.59 Å². The van der Waals surface area contributed by atoms with E-state index < -0.39 is 5.97 Å². The molecule has 0 aliphatic heterocycles. The number of hydrogen-bond acceptors (Lipinski definition) is 6. The number of ether oxygens (including phenoxy) is 2. The first-order chi connectivity index (χ1) is 8.60. The van der Waals surface area contributed by atoms with Crippen LogP contribution in [0.5, 0.6) is 0 Å². The molecular weight excluding hydrogens is 306 g/mol. The number of methoxy groups -OCH3 is 2. The van der Waals surface area contributed by atoms with E-state index in [2.05, 4.69) is 31.1 Å². The van der Waals surface area contributed by atoms with E-state index >= 15 is 0 Å². The highest BCUT2D eigenvalue weighted by Crippen LogP contribution is 2.15. The zero-order valence-electron chi connectivity index (χ0n) is 10.1. The van der Waals surface area contributed by atoms with Crippen molar-refractivity contribution in [1.29, 1.82) is 0 Å². The Morgan fingerprint density at radius 1 is 1.56 bits per heavy atom. The molecule has 0 aliphatic rings. The molecule has 0 spiro atoms. The summed E-state index contributed by atoms with van der Waals surface area (Å²) >= 11 is 3.17. The van der Waals surface area contributed by atoms with Crippen molar-refractivity contribution >= 4 is 27.6 Å². The van der Waals surface area contributed by atoms with Crippen LogP contribution in [0.3, 0.4) is 0 Å². The standard InChI is InChI=1S/C10H14BrN3O4/c1-17-4-3-14-10(16)9(11)7(5-13-14)12-6-8(15)18-2/h5,12H,3-4,6H2,1-2H3. The zero-order valence-corrected chi connectivity index (χ0v) is 11.7. The average molecular weight is 320 g/mol. The van der Waals surface area contributed by atoms with Crippen molar-refractivity contribution in [2.45, 2.75) is 6.54 Å². The minimum Gasteiger partial charge on any atom is -0.468 e. The molecule has 0 amide bonds. The summed E-state index contributed by atoms with van der Waals surface area (Å²) in [5, 5.41) is 6.72. The van der Waals surface area contributed by atoms with Gasteiger partial charge in [0, 0.05) is 7.11 Å². The van der Waals surface area contributed by atoms with Crippen molar-refractivity contribution in [2.75, 3.05) is 32.7 Å². The maximum absolute atomic E-state index is 11.9. The molecule has 18 heavy (non-hydrogen) atoms. The predicted molar refractivity (Wildman–Crippen MR) is 68.6 cm³/mol. The molecule has 1 aromatic rings. The minimum absolute atomic E-state index is 0.0295. The van der Waals surface area contributed by atoms with E-state index in [0.717, 1.165) is 0 Å². The van der Waals surface area contributed by atoms with Crippen LogP contribution in [-0.4, -0.2) is 43.1 Å². The molecule has 1 aromatic heterocycles. The molecule has 0 bridgehead atoms. The van der Waals surface area contributed by atoms with E-state index in [4.69, 9.17) is 4.74 Å². The topological polar surface area (TPSA) is 82.4 Å². The molecule has 8 heteroatoms. The Hall–Kier alpha value is -1.41.